The van der Waals surface area contributed by atoms with E-state index in [2.05, 4.69) is 62.8 Å². The fraction of sp³-hybridized carbons (Fsp3) is 0.636. The van der Waals surface area contributed by atoms with Crippen LogP contribution in [-0.4, -0.2) is 9.76 Å². The van der Waals surface area contributed by atoms with Crippen LogP contribution >= 0.6 is 38.5 Å². The van der Waals surface area contributed by atoms with Gasteiger partial charge in [-0.05, 0) is 25.7 Å². The molecule has 0 spiro atoms. The average molecular weight is 357 g/mol. The largest absolute Gasteiger partial charge is 0.0883 e. The highest BCUT2D eigenvalue weighted by molar-refractivity contribution is 14.1. The zero-order chi connectivity index (χ0) is 9.78. The minimum Gasteiger partial charge on any atom is -0.0883 e. The molecule has 0 saturated heterocycles. The number of unbranched alkanes of at least 4 members (excludes halogenated alkanes) is 4. The van der Waals surface area contributed by atoms with Crippen molar-refractivity contribution >= 4 is 38.5 Å². The second-order valence-corrected chi connectivity index (χ2v) is 4.42. The Labute approximate surface area is 104 Å². The summed E-state index contributed by atoms with van der Waals surface area (Å²) >= 11 is 5.73. The average Bonchev–Trinajstić information content (AvgIpc) is 2.16. The molecule has 0 amide bonds. The molecule has 0 radical (unpaired) electrons. The third-order valence-electron chi connectivity index (χ3n) is 1.75. The number of allylic oxidation sites excluding steroid dienone is 4. The first-order valence-electron chi connectivity index (χ1n) is 4.83. The molecule has 76 valence electrons. The van der Waals surface area contributed by atoms with Crippen LogP contribution in [-0.2, 0) is 0 Å². The molecule has 0 aromatic carbocycles. The molecular weight excluding hydrogens is 339 g/mol. The molecule has 0 aromatic heterocycles. The summed E-state index contributed by atoms with van der Waals surface area (Å²) < 4.78 is 1.14. The molecule has 2 heteroatoms. The fourth-order valence-corrected chi connectivity index (χ4v) is 1.69. The van der Waals surface area contributed by atoms with E-state index < -0.39 is 0 Å². The lowest BCUT2D eigenvalue weighted by Crippen LogP contribution is -1.75. The van der Waals surface area contributed by atoms with E-state index in [4.69, 9.17) is 0 Å². The van der Waals surface area contributed by atoms with E-state index in [0.717, 1.165) is 9.76 Å². The Morgan fingerprint density at radius 1 is 0.846 bits per heavy atom. The number of hydrogen-bond acceptors (Lipinski definition) is 0. The van der Waals surface area contributed by atoms with Crippen LogP contribution in [0.1, 0.15) is 32.1 Å². The van der Waals surface area contributed by atoms with Crippen molar-refractivity contribution in [1.82, 2.24) is 0 Å². The first kappa shape index (κ1) is 13.7. The maximum absolute atomic E-state index is 3.36. The van der Waals surface area contributed by atoms with E-state index in [0.29, 0.717) is 0 Å². The van der Waals surface area contributed by atoms with Crippen molar-refractivity contribution in [2.75, 3.05) is 9.76 Å². The van der Waals surface area contributed by atoms with E-state index in [9.17, 15) is 0 Å². The quantitative estimate of drug-likeness (QED) is 0.251. The zero-order valence-corrected chi connectivity index (χ0v) is 11.8. The van der Waals surface area contributed by atoms with Gasteiger partial charge < -0.3 is 0 Å². The van der Waals surface area contributed by atoms with Gasteiger partial charge in [0.2, 0.25) is 0 Å². The van der Waals surface area contributed by atoms with Crippen LogP contribution < -0.4 is 0 Å². The van der Waals surface area contributed by atoms with Crippen molar-refractivity contribution in [2.45, 2.75) is 32.1 Å². The van der Waals surface area contributed by atoms with Gasteiger partial charge in [0, 0.05) is 9.76 Å². The molecule has 0 fully saturated rings. The third kappa shape index (κ3) is 12.7. The van der Waals surface area contributed by atoms with Crippen LogP contribution in [0.4, 0.5) is 0 Å². The summed E-state index contributed by atoms with van der Waals surface area (Å²) in [4.78, 5) is 0. The summed E-state index contributed by atoms with van der Waals surface area (Å²) in [6.07, 6.45) is 15.5. The minimum absolute atomic E-state index is 0.991. The van der Waals surface area contributed by atoms with E-state index in [1.54, 1.807) is 0 Å². The Hall–Kier alpha value is 0.690. The molecule has 0 aliphatic carbocycles. The maximum atomic E-state index is 3.36. The number of rotatable bonds is 8. The molecule has 0 unspecified atom stereocenters. The highest BCUT2D eigenvalue weighted by Gasteiger charge is 1.85. The lowest BCUT2D eigenvalue weighted by Gasteiger charge is -1.94. The van der Waals surface area contributed by atoms with Crippen molar-refractivity contribution in [3.05, 3.63) is 24.3 Å². The van der Waals surface area contributed by atoms with E-state index in [-0.39, 0.29) is 0 Å². The molecule has 0 N–H and O–H groups in total. The molecule has 0 heterocycles. The van der Waals surface area contributed by atoms with Crippen molar-refractivity contribution in [2.24, 2.45) is 0 Å². The molecule has 0 saturated carbocycles. The van der Waals surface area contributed by atoms with Crippen molar-refractivity contribution in [3.8, 4) is 0 Å². The van der Waals surface area contributed by atoms with Crippen molar-refractivity contribution < 1.29 is 0 Å². The molecular formula is C11H18BrI. The molecule has 0 atom stereocenters. The lowest BCUT2D eigenvalue weighted by atomic mass is 10.1. The molecule has 0 rings (SSSR count). The SMILES string of the molecule is BrCC=CCCCCCC=CCI. The number of halogens is 2. The van der Waals surface area contributed by atoms with Gasteiger partial charge in [0.1, 0.15) is 0 Å². The van der Waals surface area contributed by atoms with Crippen molar-refractivity contribution in [3.63, 3.8) is 0 Å². The Bertz CT molecular complexity index is 125. The summed E-state index contributed by atoms with van der Waals surface area (Å²) in [5, 5.41) is 0.991. The normalized spacial score (nSPS) is 11.8. The van der Waals surface area contributed by atoms with Crippen LogP contribution in [0.5, 0.6) is 0 Å². The Morgan fingerprint density at radius 2 is 1.46 bits per heavy atom. The monoisotopic (exact) mass is 356 g/mol. The highest BCUT2D eigenvalue weighted by atomic mass is 127. The van der Waals surface area contributed by atoms with Crippen LogP contribution in [0, 0.1) is 0 Å². The second-order valence-electron chi connectivity index (χ2n) is 2.89. The number of hydrogen-bond donors (Lipinski definition) is 0. The minimum atomic E-state index is 0.991. The van der Waals surface area contributed by atoms with E-state index in [1.165, 1.54) is 32.1 Å². The van der Waals surface area contributed by atoms with Gasteiger partial charge in [-0.1, -0.05) is 69.2 Å². The topological polar surface area (TPSA) is 0 Å². The summed E-state index contributed by atoms with van der Waals surface area (Å²) in [5.74, 6) is 0. The standard InChI is InChI=1S/C11H18BrI/c12-10-8-6-4-2-1-3-5-7-9-11-13/h6-9H,1-5,10-11H2. The molecule has 0 aliphatic rings. The number of alkyl halides is 2. The van der Waals surface area contributed by atoms with Gasteiger partial charge >= 0.3 is 0 Å². The smallest absolute Gasteiger partial charge is 0.0212 e. The molecule has 0 aromatic rings. The Balaban J connectivity index is 2.99. The predicted molar refractivity (Wildman–Crippen MR) is 74.0 cm³/mol. The van der Waals surface area contributed by atoms with Gasteiger partial charge in [-0.3, -0.25) is 0 Å². The van der Waals surface area contributed by atoms with Gasteiger partial charge in [-0.2, -0.15) is 0 Å². The second kappa shape index (κ2) is 12.7. The first-order valence-corrected chi connectivity index (χ1v) is 7.48. The lowest BCUT2D eigenvalue weighted by molar-refractivity contribution is 0.696. The zero-order valence-electron chi connectivity index (χ0n) is 8.02. The maximum Gasteiger partial charge on any atom is 0.0212 e. The summed E-state index contributed by atoms with van der Waals surface area (Å²) in [5.41, 5.74) is 0. The molecule has 0 bridgehead atoms. The highest BCUT2D eigenvalue weighted by Crippen LogP contribution is 2.04. The predicted octanol–water partition coefficient (Wildman–Crippen LogP) is 4.88. The van der Waals surface area contributed by atoms with E-state index >= 15 is 0 Å². The summed E-state index contributed by atoms with van der Waals surface area (Å²) in [6.45, 7) is 0. The van der Waals surface area contributed by atoms with Gasteiger partial charge in [-0.25, -0.2) is 0 Å². The van der Waals surface area contributed by atoms with Crippen LogP contribution in [0.3, 0.4) is 0 Å². The molecule has 13 heavy (non-hydrogen) atoms. The van der Waals surface area contributed by atoms with Crippen LogP contribution in [0.15, 0.2) is 24.3 Å². The van der Waals surface area contributed by atoms with E-state index in [1.807, 2.05) is 0 Å². The molecule has 0 aliphatic heterocycles. The van der Waals surface area contributed by atoms with Gasteiger partial charge in [0.25, 0.3) is 0 Å². The first-order chi connectivity index (χ1) is 6.41. The summed E-state index contributed by atoms with van der Waals surface area (Å²) in [6, 6.07) is 0. The third-order valence-corrected chi connectivity index (χ3v) is 2.64. The Kier molecular flexibility index (Phi) is 13.4. The van der Waals surface area contributed by atoms with Crippen molar-refractivity contribution in [1.29, 1.82) is 0 Å². The van der Waals surface area contributed by atoms with Crippen LogP contribution in [0.25, 0.3) is 0 Å². The van der Waals surface area contributed by atoms with Gasteiger partial charge in [-0.15, -0.1) is 0 Å². The van der Waals surface area contributed by atoms with Gasteiger partial charge in [0.05, 0.1) is 0 Å². The molecule has 0 nitrogen and oxygen atoms in total. The fourth-order valence-electron chi connectivity index (χ4n) is 1.06. The Morgan fingerprint density at radius 3 is 2.00 bits per heavy atom. The van der Waals surface area contributed by atoms with Gasteiger partial charge in [0.15, 0.2) is 0 Å². The summed E-state index contributed by atoms with van der Waals surface area (Å²) in [7, 11) is 0. The van der Waals surface area contributed by atoms with Crippen LogP contribution in [0.2, 0.25) is 0 Å².